The van der Waals surface area contributed by atoms with E-state index in [4.69, 9.17) is 5.73 Å². The van der Waals surface area contributed by atoms with E-state index in [1.54, 1.807) is 12.3 Å². The molecule has 0 atom stereocenters. The molecule has 0 saturated heterocycles. The Labute approximate surface area is 116 Å². The van der Waals surface area contributed by atoms with Crippen molar-refractivity contribution in [1.82, 2.24) is 10.2 Å². The number of hydrogen-bond acceptors (Lipinski definition) is 3. The predicted octanol–water partition coefficient (Wildman–Crippen LogP) is 1.91. The average Bonchev–Trinajstić information content (AvgIpc) is 2.38. The molecule has 0 aliphatic carbocycles. The van der Waals surface area contributed by atoms with Gasteiger partial charge in [0.1, 0.15) is 0 Å². The minimum Gasteiger partial charge on any atom is -0.330 e. The van der Waals surface area contributed by atoms with Crippen molar-refractivity contribution in [2.24, 2.45) is 5.73 Å². The molecule has 5 heteroatoms. The lowest BCUT2D eigenvalue weighted by Gasteiger charge is -2.03. The van der Waals surface area contributed by atoms with E-state index < -0.39 is 0 Å². The number of aromatic nitrogens is 2. The zero-order valence-corrected chi connectivity index (χ0v) is 11.6. The number of nitrogens with two attached hydrogens (primary N) is 1. The fraction of sp³-hybridized carbons (Fsp3) is 0.231. The Kier molecular flexibility index (Phi) is 5.74. The zero-order valence-electron chi connectivity index (χ0n) is 9.93. The Morgan fingerprint density at radius 2 is 1.89 bits per heavy atom. The van der Waals surface area contributed by atoms with Gasteiger partial charge in [-0.2, -0.15) is 5.10 Å². The van der Waals surface area contributed by atoms with Crippen LogP contribution in [-0.2, 0) is 6.42 Å². The van der Waals surface area contributed by atoms with E-state index in [0.717, 1.165) is 18.4 Å². The number of nitrogens with one attached hydrogen (secondary N) is 1. The summed E-state index contributed by atoms with van der Waals surface area (Å²) in [5.41, 5.74) is 8.09. The summed E-state index contributed by atoms with van der Waals surface area (Å²) >= 11 is 0. The minimum absolute atomic E-state index is 0. The molecule has 0 aliphatic rings. The maximum absolute atomic E-state index is 11.5. The molecule has 3 N–H and O–H groups in total. The van der Waals surface area contributed by atoms with Crippen LogP contribution in [-0.4, -0.2) is 16.7 Å². The first-order valence-electron chi connectivity index (χ1n) is 5.64. The van der Waals surface area contributed by atoms with Gasteiger partial charge in [0.2, 0.25) is 0 Å². The standard InChI is InChI=1S/C13H15N3O.BrH/c14-8-1-2-10-3-5-11(6-4-10)12-7-9-15-16-13(12)17;/h3-7,9H,1-2,8,14H2,(H,16,17);1H. The molecule has 18 heavy (non-hydrogen) atoms. The molecule has 0 amide bonds. The Balaban J connectivity index is 0.00000162. The zero-order chi connectivity index (χ0) is 12.1. The lowest BCUT2D eigenvalue weighted by molar-refractivity contribution is 0.833. The van der Waals surface area contributed by atoms with Gasteiger partial charge >= 0.3 is 0 Å². The Morgan fingerprint density at radius 3 is 2.50 bits per heavy atom. The van der Waals surface area contributed by atoms with E-state index in [2.05, 4.69) is 10.2 Å². The summed E-state index contributed by atoms with van der Waals surface area (Å²) in [7, 11) is 0. The highest BCUT2D eigenvalue weighted by molar-refractivity contribution is 8.93. The van der Waals surface area contributed by atoms with Crippen molar-refractivity contribution < 1.29 is 0 Å². The number of halogens is 1. The molecule has 1 heterocycles. The first-order chi connectivity index (χ1) is 8.31. The summed E-state index contributed by atoms with van der Waals surface area (Å²) in [5, 5.41) is 6.10. The van der Waals surface area contributed by atoms with E-state index in [9.17, 15) is 4.79 Å². The second-order valence-electron chi connectivity index (χ2n) is 3.89. The van der Waals surface area contributed by atoms with Crippen LogP contribution >= 0.6 is 17.0 Å². The van der Waals surface area contributed by atoms with E-state index in [-0.39, 0.29) is 22.5 Å². The van der Waals surface area contributed by atoms with Crippen LogP contribution in [0.3, 0.4) is 0 Å². The molecule has 0 radical (unpaired) electrons. The van der Waals surface area contributed by atoms with Crippen LogP contribution in [0, 0.1) is 0 Å². The predicted molar refractivity (Wildman–Crippen MR) is 78.0 cm³/mol. The fourth-order valence-electron chi connectivity index (χ4n) is 1.73. The molecular formula is C13H16BrN3O. The largest absolute Gasteiger partial charge is 0.330 e. The molecule has 0 saturated carbocycles. The minimum atomic E-state index is -0.165. The number of rotatable bonds is 4. The number of benzene rings is 1. The molecule has 0 unspecified atom stereocenters. The smallest absolute Gasteiger partial charge is 0.272 e. The van der Waals surface area contributed by atoms with Gasteiger partial charge < -0.3 is 5.73 Å². The highest BCUT2D eigenvalue weighted by Gasteiger charge is 2.02. The molecule has 0 spiro atoms. The van der Waals surface area contributed by atoms with Crippen molar-refractivity contribution >= 4 is 17.0 Å². The molecule has 1 aromatic carbocycles. The Morgan fingerprint density at radius 1 is 1.17 bits per heavy atom. The maximum Gasteiger partial charge on any atom is 0.272 e. The molecule has 2 rings (SSSR count). The molecule has 0 fully saturated rings. The highest BCUT2D eigenvalue weighted by atomic mass is 79.9. The monoisotopic (exact) mass is 309 g/mol. The van der Waals surface area contributed by atoms with Crippen LogP contribution in [0.4, 0.5) is 0 Å². The van der Waals surface area contributed by atoms with Gasteiger partial charge in [-0.25, -0.2) is 5.10 Å². The Bertz CT molecular complexity index is 536. The Hall–Kier alpha value is -1.46. The molecular weight excluding hydrogens is 294 g/mol. The SMILES string of the molecule is Br.NCCCc1ccc(-c2ccn[nH]c2=O)cc1. The van der Waals surface area contributed by atoms with Gasteiger partial charge in [0, 0.05) is 11.8 Å². The lowest BCUT2D eigenvalue weighted by Crippen LogP contribution is -2.09. The molecule has 1 aromatic heterocycles. The maximum atomic E-state index is 11.5. The van der Waals surface area contributed by atoms with Gasteiger partial charge in [0.05, 0.1) is 0 Å². The number of nitrogens with zero attached hydrogens (tertiary/aromatic N) is 1. The first kappa shape index (κ1) is 14.6. The van der Waals surface area contributed by atoms with E-state index in [1.807, 2.05) is 24.3 Å². The van der Waals surface area contributed by atoms with Crippen molar-refractivity contribution in [2.45, 2.75) is 12.8 Å². The second kappa shape index (κ2) is 7.08. The third kappa shape index (κ3) is 3.51. The number of hydrogen-bond donors (Lipinski definition) is 2. The molecule has 4 nitrogen and oxygen atoms in total. The van der Waals surface area contributed by atoms with Gasteiger partial charge in [-0.1, -0.05) is 24.3 Å². The summed E-state index contributed by atoms with van der Waals surface area (Å²) < 4.78 is 0. The third-order valence-corrected chi connectivity index (χ3v) is 2.66. The van der Waals surface area contributed by atoms with Crippen molar-refractivity contribution in [1.29, 1.82) is 0 Å². The van der Waals surface area contributed by atoms with Crippen molar-refractivity contribution in [2.75, 3.05) is 6.54 Å². The molecule has 0 bridgehead atoms. The van der Waals surface area contributed by atoms with E-state index >= 15 is 0 Å². The van der Waals surface area contributed by atoms with Crippen LogP contribution in [0.25, 0.3) is 11.1 Å². The van der Waals surface area contributed by atoms with Gasteiger partial charge in [0.25, 0.3) is 5.56 Å². The van der Waals surface area contributed by atoms with E-state index in [0.29, 0.717) is 12.1 Å². The van der Waals surface area contributed by atoms with Crippen molar-refractivity contribution in [3.8, 4) is 11.1 Å². The van der Waals surface area contributed by atoms with Gasteiger partial charge in [-0.3, -0.25) is 4.79 Å². The van der Waals surface area contributed by atoms with E-state index in [1.165, 1.54) is 5.56 Å². The first-order valence-corrected chi connectivity index (χ1v) is 5.64. The van der Waals surface area contributed by atoms with Crippen LogP contribution < -0.4 is 11.3 Å². The summed E-state index contributed by atoms with van der Waals surface area (Å²) in [6, 6.07) is 9.69. The van der Waals surface area contributed by atoms with Gasteiger partial charge in [-0.05, 0) is 36.6 Å². The summed E-state index contributed by atoms with van der Waals surface area (Å²) in [4.78, 5) is 11.5. The quantitative estimate of drug-likeness (QED) is 0.906. The summed E-state index contributed by atoms with van der Waals surface area (Å²) in [6.45, 7) is 0.700. The average molecular weight is 310 g/mol. The van der Waals surface area contributed by atoms with Crippen molar-refractivity contribution in [3.05, 3.63) is 52.4 Å². The van der Waals surface area contributed by atoms with Crippen LogP contribution in [0.2, 0.25) is 0 Å². The van der Waals surface area contributed by atoms with Gasteiger partial charge in [0.15, 0.2) is 0 Å². The second-order valence-corrected chi connectivity index (χ2v) is 3.89. The van der Waals surface area contributed by atoms with Gasteiger partial charge in [-0.15, -0.1) is 17.0 Å². The number of aryl methyl sites for hydroxylation is 1. The lowest BCUT2D eigenvalue weighted by atomic mass is 10.0. The fourth-order valence-corrected chi connectivity index (χ4v) is 1.73. The summed E-state index contributed by atoms with van der Waals surface area (Å²) in [6.07, 6.45) is 3.54. The van der Waals surface area contributed by atoms with Crippen LogP contribution in [0.1, 0.15) is 12.0 Å². The number of H-pyrrole nitrogens is 1. The molecule has 96 valence electrons. The van der Waals surface area contributed by atoms with Crippen LogP contribution in [0.15, 0.2) is 41.3 Å². The number of aromatic amines is 1. The highest BCUT2D eigenvalue weighted by Crippen LogP contribution is 2.15. The topological polar surface area (TPSA) is 71.8 Å². The molecule has 0 aliphatic heterocycles. The van der Waals surface area contributed by atoms with Crippen LogP contribution in [0.5, 0.6) is 0 Å². The van der Waals surface area contributed by atoms with Crippen molar-refractivity contribution in [3.63, 3.8) is 0 Å². The normalized spacial score (nSPS) is 9.83. The molecule has 2 aromatic rings. The summed E-state index contributed by atoms with van der Waals surface area (Å²) in [5.74, 6) is 0. The third-order valence-electron chi connectivity index (χ3n) is 2.66.